The van der Waals surface area contributed by atoms with Crippen LogP contribution < -0.4 is 5.73 Å². The number of aromatic nitrogens is 3. The van der Waals surface area contributed by atoms with E-state index in [2.05, 4.69) is 10.1 Å². The van der Waals surface area contributed by atoms with E-state index in [0.29, 0.717) is 11.7 Å². The number of fused-ring (bicyclic) bond motifs is 1. The van der Waals surface area contributed by atoms with Gasteiger partial charge in [0.15, 0.2) is 0 Å². The number of hydrogen-bond acceptors (Lipinski definition) is 4. The predicted molar refractivity (Wildman–Crippen MR) is 69.1 cm³/mol. The van der Waals surface area contributed by atoms with Crippen molar-refractivity contribution >= 4 is 22.5 Å². The van der Waals surface area contributed by atoms with Gasteiger partial charge in [0.2, 0.25) is 11.7 Å². The summed E-state index contributed by atoms with van der Waals surface area (Å²) in [5.41, 5.74) is 7.34. The fourth-order valence-electron chi connectivity index (χ4n) is 1.93. The number of nitrogens with zero attached hydrogens (tertiary/aromatic N) is 3. The van der Waals surface area contributed by atoms with Crippen molar-refractivity contribution in [1.29, 1.82) is 0 Å². The van der Waals surface area contributed by atoms with Crippen LogP contribution in [0.1, 0.15) is 5.89 Å². The average Bonchev–Trinajstić information content (AvgIpc) is 2.95. The highest BCUT2D eigenvalue weighted by atomic mass is 35.5. The molecule has 0 fully saturated rings. The fraction of sp³-hybridized carbons (Fsp3) is 0.167. The Hall–Kier alpha value is -1.85. The maximum absolute atomic E-state index is 6.12. The molecule has 0 unspecified atom stereocenters. The minimum Gasteiger partial charge on any atom is -0.349 e. The molecule has 3 rings (SSSR count). The molecule has 0 amide bonds. The second kappa shape index (κ2) is 4.12. The Kier molecular flexibility index (Phi) is 2.57. The van der Waals surface area contributed by atoms with Crippen LogP contribution in [0.4, 0.5) is 0 Å². The van der Waals surface area contributed by atoms with Crippen LogP contribution in [0.5, 0.6) is 0 Å². The topological polar surface area (TPSA) is 69.9 Å². The maximum atomic E-state index is 6.12. The lowest BCUT2D eigenvalue weighted by Crippen LogP contribution is -1.95. The molecule has 92 valence electrons. The number of aryl methyl sites for hydroxylation is 1. The molecule has 0 aliphatic carbocycles. The quantitative estimate of drug-likeness (QED) is 0.770. The van der Waals surface area contributed by atoms with Crippen molar-refractivity contribution in [2.45, 2.75) is 6.54 Å². The minimum atomic E-state index is 0.241. The summed E-state index contributed by atoms with van der Waals surface area (Å²) in [5, 5.41) is 5.63. The molecule has 5 nitrogen and oxygen atoms in total. The van der Waals surface area contributed by atoms with Gasteiger partial charge < -0.3 is 14.8 Å². The first-order valence-electron chi connectivity index (χ1n) is 5.46. The van der Waals surface area contributed by atoms with Crippen molar-refractivity contribution in [3.05, 3.63) is 35.3 Å². The highest BCUT2D eigenvalue weighted by Crippen LogP contribution is 2.28. The summed E-state index contributed by atoms with van der Waals surface area (Å²) < 4.78 is 6.96. The van der Waals surface area contributed by atoms with Crippen LogP contribution in [-0.4, -0.2) is 14.7 Å². The molecule has 0 saturated heterocycles. The number of rotatable bonds is 2. The molecule has 2 heterocycles. The smallest absolute Gasteiger partial charge is 0.240 e. The lowest BCUT2D eigenvalue weighted by atomic mass is 10.1. The van der Waals surface area contributed by atoms with Crippen LogP contribution in [-0.2, 0) is 13.6 Å². The molecule has 6 heteroatoms. The third-order valence-electron chi connectivity index (χ3n) is 2.84. The number of nitrogens with two attached hydrogens (primary N) is 1. The van der Waals surface area contributed by atoms with Gasteiger partial charge in [0, 0.05) is 24.2 Å². The lowest BCUT2D eigenvalue weighted by Gasteiger charge is -1.98. The van der Waals surface area contributed by atoms with Crippen LogP contribution in [0.15, 0.2) is 28.9 Å². The molecular weight excluding hydrogens is 252 g/mol. The number of benzene rings is 1. The standard InChI is InChI=1S/C12H11ClN4O/c1-17-6-9(13)8-3-2-7(4-10(8)17)12-15-11(5-14)18-16-12/h2-4,6H,5,14H2,1H3. The Balaban J connectivity index is 2.15. The number of halogens is 1. The second-order valence-corrected chi connectivity index (χ2v) is 4.44. The molecule has 2 N–H and O–H groups in total. The Morgan fingerprint density at radius 2 is 2.28 bits per heavy atom. The molecule has 18 heavy (non-hydrogen) atoms. The number of hydrogen-bond donors (Lipinski definition) is 1. The van der Waals surface area contributed by atoms with E-state index in [4.69, 9.17) is 21.9 Å². The van der Waals surface area contributed by atoms with Crippen LogP contribution in [0, 0.1) is 0 Å². The van der Waals surface area contributed by atoms with E-state index < -0.39 is 0 Å². The molecule has 2 aromatic heterocycles. The molecule has 0 aliphatic heterocycles. The van der Waals surface area contributed by atoms with Gasteiger partial charge >= 0.3 is 0 Å². The molecule has 0 radical (unpaired) electrons. The van der Waals surface area contributed by atoms with E-state index in [1.165, 1.54) is 0 Å². The van der Waals surface area contributed by atoms with Crippen LogP contribution in [0.25, 0.3) is 22.3 Å². The van der Waals surface area contributed by atoms with E-state index >= 15 is 0 Å². The predicted octanol–water partition coefficient (Wildman–Crippen LogP) is 2.34. The van der Waals surface area contributed by atoms with Gasteiger partial charge in [-0.2, -0.15) is 4.98 Å². The monoisotopic (exact) mass is 262 g/mol. The van der Waals surface area contributed by atoms with Crippen LogP contribution in [0.3, 0.4) is 0 Å². The largest absolute Gasteiger partial charge is 0.349 e. The van der Waals surface area contributed by atoms with E-state index in [0.717, 1.165) is 21.5 Å². The zero-order valence-electron chi connectivity index (χ0n) is 9.72. The van der Waals surface area contributed by atoms with Crippen molar-refractivity contribution in [2.24, 2.45) is 12.8 Å². The lowest BCUT2D eigenvalue weighted by molar-refractivity contribution is 0.380. The van der Waals surface area contributed by atoms with Gasteiger partial charge in [0.1, 0.15) is 0 Å². The second-order valence-electron chi connectivity index (χ2n) is 4.04. The normalized spacial score (nSPS) is 11.3. The summed E-state index contributed by atoms with van der Waals surface area (Å²) in [4.78, 5) is 4.20. The van der Waals surface area contributed by atoms with Crippen molar-refractivity contribution in [3.63, 3.8) is 0 Å². The molecule has 0 atom stereocenters. The zero-order chi connectivity index (χ0) is 12.7. The Bertz CT molecular complexity index is 716. The van der Waals surface area contributed by atoms with E-state index in [-0.39, 0.29) is 6.54 Å². The maximum Gasteiger partial charge on any atom is 0.240 e. The highest BCUT2D eigenvalue weighted by Gasteiger charge is 2.10. The van der Waals surface area contributed by atoms with Crippen LogP contribution >= 0.6 is 11.6 Å². The fourth-order valence-corrected chi connectivity index (χ4v) is 2.23. The third kappa shape index (κ3) is 1.68. The molecule has 1 aromatic carbocycles. The molecule has 0 saturated carbocycles. The van der Waals surface area contributed by atoms with Gasteiger partial charge in [-0.3, -0.25) is 0 Å². The first-order chi connectivity index (χ1) is 8.69. The Morgan fingerprint density at radius 3 is 3.00 bits per heavy atom. The van der Waals surface area contributed by atoms with Gasteiger partial charge in [-0.1, -0.05) is 28.9 Å². The molecular formula is C12H11ClN4O. The van der Waals surface area contributed by atoms with Gasteiger partial charge in [-0.05, 0) is 6.07 Å². The van der Waals surface area contributed by atoms with Gasteiger partial charge in [0.25, 0.3) is 0 Å². The Morgan fingerprint density at radius 1 is 1.44 bits per heavy atom. The summed E-state index contributed by atoms with van der Waals surface area (Å²) in [6.45, 7) is 0.241. The zero-order valence-corrected chi connectivity index (χ0v) is 10.5. The highest BCUT2D eigenvalue weighted by molar-refractivity contribution is 6.35. The third-order valence-corrected chi connectivity index (χ3v) is 3.14. The van der Waals surface area contributed by atoms with Crippen LogP contribution in [0.2, 0.25) is 5.02 Å². The minimum absolute atomic E-state index is 0.241. The van der Waals surface area contributed by atoms with Gasteiger partial charge in [-0.15, -0.1) is 0 Å². The molecule has 0 bridgehead atoms. The summed E-state index contributed by atoms with van der Waals surface area (Å²) in [6, 6.07) is 5.84. The summed E-state index contributed by atoms with van der Waals surface area (Å²) in [6.07, 6.45) is 1.87. The van der Waals surface area contributed by atoms with E-state index in [1.807, 2.05) is 36.0 Å². The summed E-state index contributed by atoms with van der Waals surface area (Å²) >= 11 is 6.12. The average molecular weight is 263 g/mol. The molecule has 0 aliphatic rings. The molecule has 0 spiro atoms. The molecule has 3 aromatic rings. The SMILES string of the molecule is Cn1cc(Cl)c2ccc(-c3noc(CN)n3)cc21. The Labute approximate surface area is 108 Å². The summed E-state index contributed by atoms with van der Waals surface area (Å²) in [7, 11) is 1.94. The first kappa shape index (κ1) is 11.3. The van der Waals surface area contributed by atoms with E-state index in [1.54, 1.807) is 0 Å². The van der Waals surface area contributed by atoms with E-state index in [9.17, 15) is 0 Å². The first-order valence-corrected chi connectivity index (χ1v) is 5.84. The van der Waals surface area contributed by atoms with Gasteiger partial charge in [-0.25, -0.2) is 0 Å². The van der Waals surface area contributed by atoms with Gasteiger partial charge in [0.05, 0.1) is 17.1 Å². The summed E-state index contributed by atoms with van der Waals surface area (Å²) in [5.74, 6) is 0.963. The van der Waals surface area contributed by atoms with Crippen molar-refractivity contribution < 1.29 is 4.52 Å². The van der Waals surface area contributed by atoms with Crippen molar-refractivity contribution in [3.8, 4) is 11.4 Å². The van der Waals surface area contributed by atoms with Crippen molar-refractivity contribution in [1.82, 2.24) is 14.7 Å². The van der Waals surface area contributed by atoms with Crippen molar-refractivity contribution in [2.75, 3.05) is 0 Å².